The third-order valence-electron chi connectivity index (χ3n) is 5.27. The maximum absolute atomic E-state index is 13.9. The molecule has 0 fully saturated rings. The predicted molar refractivity (Wildman–Crippen MR) is 112 cm³/mol. The summed E-state index contributed by atoms with van der Waals surface area (Å²) in [6.07, 6.45) is -6.31. The van der Waals surface area contributed by atoms with Crippen LogP contribution in [0, 0.1) is 0 Å². The number of alkyl halides is 5. The van der Waals surface area contributed by atoms with E-state index >= 15 is 0 Å². The van der Waals surface area contributed by atoms with Crippen LogP contribution in [0.4, 0.5) is 22.0 Å². The van der Waals surface area contributed by atoms with Gasteiger partial charge in [0.1, 0.15) is 17.2 Å². The van der Waals surface area contributed by atoms with Crippen molar-refractivity contribution in [2.75, 3.05) is 0 Å². The van der Waals surface area contributed by atoms with Crippen LogP contribution in [0.5, 0.6) is 17.2 Å². The Bertz CT molecular complexity index is 987. The van der Waals surface area contributed by atoms with Gasteiger partial charge in [-0.15, -0.1) is 13.2 Å². The lowest BCUT2D eigenvalue weighted by molar-refractivity contribution is -0.274. The van der Waals surface area contributed by atoms with Crippen molar-refractivity contribution in [3.8, 4) is 17.2 Å². The molecule has 0 aliphatic carbocycles. The summed E-state index contributed by atoms with van der Waals surface area (Å²) in [7, 11) is 0. The zero-order valence-corrected chi connectivity index (χ0v) is 17.4. The first-order valence-corrected chi connectivity index (χ1v) is 10.1. The Morgan fingerprint density at radius 1 is 0.781 bits per heavy atom. The Balaban J connectivity index is 1.64. The molecule has 0 amide bonds. The number of ether oxygens (including phenoxy) is 2. The average Bonchev–Trinajstić information content (AvgIpc) is 2.74. The van der Waals surface area contributed by atoms with Crippen LogP contribution in [0.15, 0.2) is 78.9 Å². The van der Waals surface area contributed by atoms with Crippen molar-refractivity contribution < 1.29 is 31.4 Å². The van der Waals surface area contributed by atoms with Gasteiger partial charge in [-0.1, -0.05) is 49.4 Å². The highest BCUT2D eigenvalue weighted by molar-refractivity contribution is 5.35. The number of para-hydroxylation sites is 1. The van der Waals surface area contributed by atoms with Crippen molar-refractivity contribution >= 4 is 0 Å². The molecular weight excluding hydrogens is 427 g/mol. The van der Waals surface area contributed by atoms with Gasteiger partial charge in [0, 0.05) is 0 Å². The molecule has 3 rings (SSSR count). The molecule has 0 aliphatic rings. The first kappa shape index (κ1) is 23.6. The Kier molecular flexibility index (Phi) is 7.38. The lowest BCUT2D eigenvalue weighted by atomic mass is 9.78. The van der Waals surface area contributed by atoms with Crippen molar-refractivity contribution in [3.05, 3.63) is 90.0 Å². The van der Waals surface area contributed by atoms with Gasteiger partial charge < -0.3 is 9.47 Å². The molecule has 0 aliphatic heterocycles. The molecule has 0 spiro atoms. The van der Waals surface area contributed by atoms with Crippen molar-refractivity contribution in [1.29, 1.82) is 0 Å². The molecule has 0 bridgehead atoms. The predicted octanol–water partition coefficient (Wildman–Crippen LogP) is 7.92. The largest absolute Gasteiger partial charge is 0.573 e. The number of aryl methyl sites for hydroxylation is 1. The summed E-state index contributed by atoms with van der Waals surface area (Å²) >= 11 is 0. The molecule has 32 heavy (non-hydrogen) atoms. The molecule has 1 unspecified atom stereocenters. The summed E-state index contributed by atoms with van der Waals surface area (Å²) < 4.78 is 74.5. The number of rotatable bonds is 9. The third kappa shape index (κ3) is 6.45. The second-order valence-electron chi connectivity index (χ2n) is 7.71. The van der Waals surface area contributed by atoms with Crippen LogP contribution in [0.1, 0.15) is 30.9 Å². The van der Waals surface area contributed by atoms with Gasteiger partial charge in [0.2, 0.25) is 6.43 Å². The van der Waals surface area contributed by atoms with Gasteiger partial charge in [-0.2, -0.15) is 0 Å². The van der Waals surface area contributed by atoms with Gasteiger partial charge >= 0.3 is 6.36 Å². The molecule has 0 N–H and O–H groups in total. The van der Waals surface area contributed by atoms with E-state index in [0.717, 1.165) is 17.7 Å². The van der Waals surface area contributed by atoms with Crippen LogP contribution in [0.3, 0.4) is 0 Å². The lowest BCUT2D eigenvalue weighted by Gasteiger charge is -2.29. The van der Waals surface area contributed by atoms with Crippen molar-refractivity contribution in [3.63, 3.8) is 0 Å². The normalized spacial score (nSPS) is 13.6. The third-order valence-corrected chi connectivity index (χ3v) is 5.27. The van der Waals surface area contributed by atoms with E-state index in [1.165, 1.54) is 19.1 Å². The molecule has 7 heteroatoms. The first-order valence-electron chi connectivity index (χ1n) is 10.1. The highest BCUT2D eigenvalue weighted by Crippen LogP contribution is 2.37. The van der Waals surface area contributed by atoms with E-state index < -0.39 is 24.0 Å². The Morgan fingerprint density at radius 2 is 1.44 bits per heavy atom. The molecule has 170 valence electrons. The van der Waals surface area contributed by atoms with E-state index in [1.807, 2.05) is 54.6 Å². The fourth-order valence-electron chi connectivity index (χ4n) is 3.47. The quantitative estimate of drug-likeness (QED) is 0.308. The topological polar surface area (TPSA) is 18.5 Å². The van der Waals surface area contributed by atoms with Gasteiger partial charge in [0.05, 0.1) is 5.41 Å². The summed E-state index contributed by atoms with van der Waals surface area (Å²) in [5, 5.41) is 0. The second kappa shape index (κ2) is 10.0. The zero-order valence-electron chi connectivity index (χ0n) is 17.4. The summed E-state index contributed by atoms with van der Waals surface area (Å²) in [6.45, 7) is 1.42. The molecule has 0 saturated carbocycles. The minimum atomic E-state index is -4.83. The Hall–Kier alpha value is -3.09. The molecular formula is C25H23F5O2. The van der Waals surface area contributed by atoms with Gasteiger partial charge in [-0.05, 0) is 66.8 Å². The van der Waals surface area contributed by atoms with Gasteiger partial charge in [-0.3, -0.25) is 0 Å². The summed E-state index contributed by atoms with van der Waals surface area (Å²) in [4.78, 5) is 0. The minimum absolute atomic E-state index is 0.161. The Morgan fingerprint density at radius 3 is 2.06 bits per heavy atom. The lowest BCUT2D eigenvalue weighted by Crippen LogP contribution is -2.31. The van der Waals surface area contributed by atoms with Gasteiger partial charge in [-0.25, -0.2) is 8.78 Å². The summed E-state index contributed by atoms with van der Waals surface area (Å²) in [5.74, 6) is 0.923. The minimum Gasteiger partial charge on any atom is -0.457 e. The molecule has 3 aromatic carbocycles. The molecule has 3 aromatic rings. The maximum Gasteiger partial charge on any atom is 0.573 e. The van der Waals surface area contributed by atoms with Crippen molar-refractivity contribution in [2.24, 2.45) is 0 Å². The van der Waals surface area contributed by atoms with Crippen LogP contribution < -0.4 is 9.47 Å². The molecule has 0 saturated heterocycles. The Labute approximate surface area is 183 Å². The van der Waals surface area contributed by atoms with Crippen LogP contribution in [-0.4, -0.2) is 12.8 Å². The molecule has 1 atom stereocenters. The molecule has 0 heterocycles. The number of halogens is 5. The van der Waals surface area contributed by atoms with E-state index in [1.54, 1.807) is 0 Å². The van der Waals surface area contributed by atoms with Gasteiger partial charge in [0.25, 0.3) is 0 Å². The number of benzene rings is 3. The molecule has 2 nitrogen and oxygen atoms in total. The maximum atomic E-state index is 13.9. The fourth-order valence-corrected chi connectivity index (χ4v) is 3.47. The highest BCUT2D eigenvalue weighted by atomic mass is 19.4. The number of hydrogen-bond acceptors (Lipinski definition) is 2. The summed E-state index contributed by atoms with van der Waals surface area (Å²) in [6, 6.07) is 21.4. The van der Waals surface area contributed by atoms with Crippen molar-refractivity contribution in [1.82, 2.24) is 0 Å². The van der Waals surface area contributed by atoms with Crippen molar-refractivity contribution in [2.45, 2.75) is 44.4 Å². The standard InChI is InChI=1S/C25H23F5O2/c1-24(23(26)27,19-12-14-21(15-13-19)32-25(28,29)30)16-6-8-18-7-5-11-22(17-18)31-20-9-3-2-4-10-20/h2-5,7,9-15,17,23H,6,8,16H2,1H3. The zero-order chi connectivity index (χ0) is 23.2. The highest BCUT2D eigenvalue weighted by Gasteiger charge is 2.37. The van der Waals surface area contributed by atoms with E-state index in [9.17, 15) is 22.0 Å². The summed E-state index contributed by atoms with van der Waals surface area (Å²) in [5.41, 5.74) is -0.276. The smallest absolute Gasteiger partial charge is 0.457 e. The second-order valence-corrected chi connectivity index (χ2v) is 7.71. The van der Waals surface area contributed by atoms with Crippen LogP contribution in [0.25, 0.3) is 0 Å². The monoisotopic (exact) mass is 450 g/mol. The first-order chi connectivity index (χ1) is 15.2. The van der Waals surface area contributed by atoms with E-state index in [2.05, 4.69) is 4.74 Å². The fraction of sp³-hybridized carbons (Fsp3) is 0.280. The van der Waals surface area contributed by atoms with Crippen LogP contribution in [-0.2, 0) is 11.8 Å². The van der Waals surface area contributed by atoms with E-state index in [-0.39, 0.29) is 12.0 Å². The molecule has 0 aromatic heterocycles. The van der Waals surface area contributed by atoms with E-state index in [4.69, 9.17) is 4.74 Å². The molecule has 0 radical (unpaired) electrons. The number of hydrogen-bond donors (Lipinski definition) is 0. The van der Waals surface area contributed by atoms with Gasteiger partial charge in [0.15, 0.2) is 0 Å². The van der Waals surface area contributed by atoms with Crippen LogP contribution in [0.2, 0.25) is 0 Å². The van der Waals surface area contributed by atoms with Crippen LogP contribution >= 0.6 is 0 Å². The SMILES string of the molecule is CC(CCCc1cccc(Oc2ccccc2)c1)(c1ccc(OC(F)(F)F)cc1)C(F)F. The average molecular weight is 450 g/mol. The van der Waals surface area contributed by atoms with E-state index in [0.29, 0.717) is 24.3 Å².